The number of nitrogens with zero attached hydrogens (tertiary/aromatic N) is 2. The third-order valence-electron chi connectivity index (χ3n) is 6.07. The van der Waals surface area contributed by atoms with E-state index in [1.54, 1.807) is 21.9 Å². The Hall–Kier alpha value is -3.91. The molecule has 3 aromatic carbocycles. The Morgan fingerprint density at radius 2 is 1.54 bits per heavy atom. The molecule has 1 heterocycles. The molecule has 1 fully saturated rings. The number of fused-ring (bicyclic) bond motifs is 1. The van der Waals surface area contributed by atoms with Crippen molar-refractivity contribution in [2.75, 3.05) is 32.8 Å². The van der Waals surface area contributed by atoms with Crippen LogP contribution in [0.25, 0.3) is 10.8 Å². The van der Waals surface area contributed by atoms with E-state index >= 15 is 0 Å². The van der Waals surface area contributed by atoms with Gasteiger partial charge in [-0.1, -0.05) is 60.7 Å². The Labute approximate surface area is 204 Å². The summed E-state index contributed by atoms with van der Waals surface area (Å²) in [4.78, 5) is 41.5. The van der Waals surface area contributed by atoms with Crippen LogP contribution in [0.3, 0.4) is 0 Å². The van der Waals surface area contributed by atoms with Crippen molar-refractivity contribution in [2.45, 2.75) is 19.1 Å². The van der Waals surface area contributed by atoms with Gasteiger partial charge in [-0.25, -0.2) is 4.79 Å². The molecule has 1 aliphatic heterocycles. The summed E-state index contributed by atoms with van der Waals surface area (Å²) in [6, 6.07) is 21.4. The summed E-state index contributed by atoms with van der Waals surface area (Å²) in [6.07, 6.45) is 0.148. The number of rotatable bonds is 6. The minimum atomic E-state index is -1.06. The van der Waals surface area contributed by atoms with Gasteiger partial charge in [0.1, 0.15) is 12.6 Å². The van der Waals surface area contributed by atoms with Gasteiger partial charge in [0.2, 0.25) is 5.91 Å². The first kappa shape index (κ1) is 24.2. The van der Waals surface area contributed by atoms with Gasteiger partial charge in [-0.05, 0) is 34.9 Å². The van der Waals surface area contributed by atoms with E-state index in [0.717, 1.165) is 16.3 Å². The van der Waals surface area contributed by atoms with Crippen LogP contribution in [0.5, 0.6) is 0 Å². The number of benzene rings is 3. The van der Waals surface area contributed by atoms with E-state index in [1.807, 2.05) is 60.7 Å². The molecule has 1 unspecified atom stereocenters. The molecule has 0 saturated carbocycles. The number of carbonyl (C=O) groups excluding carboxylic acids is 3. The van der Waals surface area contributed by atoms with Crippen molar-refractivity contribution in [2.24, 2.45) is 0 Å². The Bertz CT molecular complexity index is 1180. The van der Waals surface area contributed by atoms with E-state index < -0.39 is 24.6 Å². The third-order valence-corrected chi connectivity index (χ3v) is 6.07. The maximum absolute atomic E-state index is 13.1. The van der Waals surface area contributed by atoms with Gasteiger partial charge in [-0.2, -0.15) is 0 Å². The first-order valence-electron chi connectivity index (χ1n) is 11.7. The topological polar surface area (TPSA) is 99.2 Å². The summed E-state index contributed by atoms with van der Waals surface area (Å²) < 4.78 is 5.41. The largest absolute Gasteiger partial charge is 0.445 e. The maximum atomic E-state index is 13.1. The third kappa shape index (κ3) is 6.16. The van der Waals surface area contributed by atoms with E-state index in [1.165, 1.54) is 0 Å². The fraction of sp³-hybridized carbons (Fsp3) is 0.296. The van der Waals surface area contributed by atoms with Gasteiger partial charge in [0.25, 0.3) is 5.91 Å². The number of hydrogen-bond acceptors (Lipinski definition) is 5. The molecule has 1 atom stereocenters. The van der Waals surface area contributed by atoms with Crippen LogP contribution in [0.1, 0.15) is 22.3 Å². The second-order valence-corrected chi connectivity index (χ2v) is 8.48. The Morgan fingerprint density at radius 3 is 2.31 bits per heavy atom. The summed E-state index contributed by atoms with van der Waals surface area (Å²) >= 11 is 0. The molecule has 0 spiro atoms. The number of hydrogen-bond donors (Lipinski definition) is 2. The van der Waals surface area contributed by atoms with E-state index in [2.05, 4.69) is 5.32 Å². The van der Waals surface area contributed by atoms with Gasteiger partial charge < -0.3 is 25.0 Å². The zero-order valence-electron chi connectivity index (χ0n) is 19.4. The molecule has 3 aromatic rings. The first-order chi connectivity index (χ1) is 17.0. The highest BCUT2D eigenvalue weighted by Crippen LogP contribution is 2.16. The molecular formula is C27H29N3O5. The average molecular weight is 476 g/mol. The van der Waals surface area contributed by atoms with Crippen LogP contribution in [0, 0.1) is 0 Å². The zero-order valence-corrected chi connectivity index (χ0v) is 19.4. The lowest BCUT2D eigenvalue weighted by Gasteiger charge is -2.26. The smallest absolute Gasteiger partial charge is 0.410 e. The predicted molar refractivity (Wildman–Crippen MR) is 132 cm³/mol. The van der Waals surface area contributed by atoms with Crippen molar-refractivity contribution >= 4 is 28.7 Å². The summed E-state index contributed by atoms with van der Waals surface area (Å²) in [7, 11) is 0. The quantitative estimate of drug-likeness (QED) is 0.571. The Kier molecular flexibility index (Phi) is 7.95. The van der Waals surface area contributed by atoms with E-state index in [0.29, 0.717) is 38.2 Å². The molecule has 0 aliphatic carbocycles. The highest BCUT2D eigenvalue weighted by atomic mass is 16.6. The number of nitrogens with one attached hydrogen (secondary N) is 1. The molecule has 2 N–H and O–H groups in total. The second-order valence-electron chi connectivity index (χ2n) is 8.48. The van der Waals surface area contributed by atoms with Gasteiger partial charge in [0.15, 0.2) is 0 Å². The van der Waals surface area contributed by atoms with Gasteiger partial charge in [-0.15, -0.1) is 0 Å². The lowest BCUT2D eigenvalue weighted by atomic mass is 10.1. The Balaban J connectivity index is 1.32. The van der Waals surface area contributed by atoms with E-state index in [4.69, 9.17) is 4.74 Å². The average Bonchev–Trinajstić information content (AvgIpc) is 3.16. The number of aliphatic hydroxyl groups excluding tert-OH is 1. The SMILES string of the molecule is O=C(NC(CO)C(=O)N1CCCN(C(=O)OCc2ccccc2)CC1)c1ccc2ccccc2c1. The van der Waals surface area contributed by atoms with Crippen LogP contribution >= 0.6 is 0 Å². The van der Waals surface area contributed by atoms with Gasteiger partial charge in [-0.3, -0.25) is 9.59 Å². The molecule has 8 nitrogen and oxygen atoms in total. The fourth-order valence-electron chi connectivity index (χ4n) is 4.11. The molecule has 3 amide bonds. The molecule has 182 valence electrons. The number of carbonyl (C=O) groups is 3. The molecule has 4 rings (SSSR count). The van der Waals surface area contributed by atoms with Crippen LogP contribution < -0.4 is 5.32 Å². The zero-order chi connectivity index (χ0) is 24.6. The van der Waals surface area contributed by atoms with Crippen molar-refractivity contribution in [3.05, 3.63) is 83.9 Å². The normalized spacial score (nSPS) is 14.8. The lowest BCUT2D eigenvalue weighted by Crippen LogP contribution is -2.51. The second kappa shape index (κ2) is 11.5. The van der Waals surface area contributed by atoms with Crippen LogP contribution in [0.4, 0.5) is 4.79 Å². The van der Waals surface area contributed by atoms with Crippen LogP contribution in [0.15, 0.2) is 72.8 Å². The van der Waals surface area contributed by atoms with Crippen LogP contribution in [-0.2, 0) is 16.1 Å². The summed E-state index contributed by atoms with van der Waals surface area (Å²) in [6.45, 7) is 1.16. The van der Waals surface area contributed by atoms with Crippen molar-refractivity contribution < 1.29 is 24.2 Å². The molecule has 1 saturated heterocycles. The van der Waals surface area contributed by atoms with Crippen molar-refractivity contribution in [3.8, 4) is 0 Å². The van der Waals surface area contributed by atoms with Crippen molar-refractivity contribution in [1.82, 2.24) is 15.1 Å². The summed E-state index contributed by atoms with van der Waals surface area (Å²) in [5, 5.41) is 14.4. The highest BCUT2D eigenvalue weighted by molar-refractivity contribution is 6.00. The minimum Gasteiger partial charge on any atom is -0.445 e. The standard InChI is InChI=1S/C27H29N3O5/c31-18-24(28-25(32)23-12-11-21-9-4-5-10-22(21)17-23)26(33)29-13-6-14-30(16-15-29)27(34)35-19-20-7-2-1-3-8-20/h1-5,7-12,17,24,31H,6,13-16,18-19H2,(H,28,32). The maximum Gasteiger partial charge on any atom is 0.410 e. The van der Waals surface area contributed by atoms with E-state index in [9.17, 15) is 19.5 Å². The Morgan fingerprint density at radius 1 is 0.857 bits per heavy atom. The fourth-order valence-corrected chi connectivity index (χ4v) is 4.11. The number of ether oxygens (including phenoxy) is 1. The number of amides is 3. The van der Waals surface area contributed by atoms with Crippen molar-refractivity contribution in [1.29, 1.82) is 0 Å². The summed E-state index contributed by atoms with van der Waals surface area (Å²) in [5.41, 5.74) is 1.32. The van der Waals surface area contributed by atoms with Crippen LogP contribution in [0.2, 0.25) is 0 Å². The van der Waals surface area contributed by atoms with E-state index in [-0.39, 0.29) is 12.5 Å². The molecule has 1 aliphatic rings. The van der Waals surface area contributed by atoms with Gasteiger partial charge in [0.05, 0.1) is 6.61 Å². The van der Waals surface area contributed by atoms with Gasteiger partial charge >= 0.3 is 6.09 Å². The monoisotopic (exact) mass is 475 g/mol. The highest BCUT2D eigenvalue weighted by Gasteiger charge is 2.29. The molecule has 35 heavy (non-hydrogen) atoms. The van der Waals surface area contributed by atoms with Gasteiger partial charge in [0, 0.05) is 31.7 Å². The minimum absolute atomic E-state index is 0.187. The molecule has 0 radical (unpaired) electrons. The summed E-state index contributed by atoms with van der Waals surface area (Å²) in [5.74, 6) is -0.801. The first-order valence-corrected chi connectivity index (χ1v) is 11.7. The number of aliphatic hydroxyl groups is 1. The molecule has 0 bridgehead atoms. The lowest BCUT2D eigenvalue weighted by molar-refractivity contribution is -0.134. The molecular weight excluding hydrogens is 446 g/mol. The van der Waals surface area contributed by atoms with Crippen LogP contribution in [-0.4, -0.2) is 71.6 Å². The molecule has 8 heteroatoms. The molecule has 0 aromatic heterocycles. The predicted octanol–water partition coefficient (Wildman–Crippen LogP) is 2.80. The van der Waals surface area contributed by atoms with Crippen molar-refractivity contribution in [3.63, 3.8) is 0 Å².